The minimum atomic E-state index is 0.774. The maximum absolute atomic E-state index is 6.29. The molecular weight excluding hydrogens is 254 g/mol. The van der Waals surface area contributed by atoms with E-state index in [2.05, 4.69) is 36.2 Å². The van der Waals surface area contributed by atoms with E-state index < -0.39 is 0 Å². The van der Waals surface area contributed by atoms with Gasteiger partial charge in [-0.15, -0.1) is 0 Å². The second kappa shape index (κ2) is 4.94. The van der Waals surface area contributed by atoms with Gasteiger partial charge < -0.3 is 4.98 Å². The Bertz CT molecular complexity index is 695. The zero-order valence-electron chi connectivity index (χ0n) is 10.7. The summed E-state index contributed by atoms with van der Waals surface area (Å²) < 4.78 is 0. The van der Waals surface area contributed by atoms with E-state index in [0.29, 0.717) is 0 Å². The van der Waals surface area contributed by atoms with Crippen molar-refractivity contribution in [2.75, 3.05) is 0 Å². The predicted octanol–water partition coefficient (Wildman–Crippen LogP) is 5.31. The minimum Gasteiger partial charge on any atom is -0.366 e. The third kappa shape index (κ3) is 2.29. The Kier molecular flexibility index (Phi) is 3.14. The number of halogens is 1. The highest BCUT2D eigenvalue weighted by atomic mass is 35.5. The molecule has 19 heavy (non-hydrogen) atoms. The van der Waals surface area contributed by atoms with Gasteiger partial charge in [-0.1, -0.05) is 59.6 Å². The van der Waals surface area contributed by atoms with Gasteiger partial charge in [-0.3, -0.25) is 0 Å². The van der Waals surface area contributed by atoms with Crippen LogP contribution < -0.4 is 0 Å². The minimum absolute atomic E-state index is 0.774. The fraction of sp³-hybridized carbons (Fsp3) is 0.0588. The Morgan fingerprint density at radius 1 is 0.789 bits per heavy atom. The molecule has 0 atom stereocenters. The molecule has 1 N–H and O–H groups in total. The summed E-state index contributed by atoms with van der Waals surface area (Å²) in [4.78, 5) is 3.18. The number of aromatic amines is 1. The number of hydrogen-bond donors (Lipinski definition) is 1. The van der Waals surface area contributed by atoms with Gasteiger partial charge in [-0.05, 0) is 18.6 Å². The van der Waals surface area contributed by atoms with Gasteiger partial charge in [-0.25, -0.2) is 0 Å². The van der Waals surface area contributed by atoms with Gasteiger partial charge in [0.1, 0.15) is 0 Å². The quantitative estimate of drug-likeness (QED) is 0.648. The summed E-state index contributed by atoms with van der Waals surface area (Å²) in [7, 11) is 0. The molecule has 0 radical (unpaired) electrons. The zero-order chi connectivity index (χ0) is 13.2. The lowest BCUT2D eigenvalue weighted by atomic mass is 9.98. The lowest BCUT2D eigenvalue weighted by molar-refractivity contribution is 1.41. The third-order valence-corrected chi connectivity index (χ3v) is 3.60. The summed E-state index contributed by atoms with van der Waals surface area (Å²) >= 11 is 6.29. The summed E-state index contributed by atoms with van der Waals surface area (Å²) in [6.45, 7) is 2.09. The number of benzene rings is 2. The third-order valence-electron chi connectivity index (χ3n) is 3.27. The van der Waals surface area contributed by atoms with E-state index in [-0.39, 0.29) is 0 Å². The van der Waals surface area contributed by atoms with Crippen LogP contribution in [0, 0.1) is 6.92 Å². The topological polar surface area (TPSA) is 15.8 Å². The van der Waals surface area contributed by atoms with E-state index in [4.69, 9.17) is 11.6 Å². The fourth-order valence-electron chi connectivity index (χ4n) is 2.24. The van der Waals surface area contributed by atoms with Crippen LogP contribution in [0.25, 0.3) is 22.3 Å². The van der Waals surface area contributed by atoms with E-state index in [1.54, 1.807) is 0 Å². The average molecular weight is 268 g/mol. The van der Waals surface area contributed by atoms with Crippen molar-refractivity contribution in [3.63, 3.8) is 0 Å². The molecule has 0 bridgehead atoms. The number of hydrogen-bond acceptors (Lipinski definition) is 0. The maximum atomic E-state index is 6.29. The van der Waals surface area contributed by atoms with Gasteiger partial charge >= 0.3 is 0 Å². The first-order valence-electron chi connectivity index (χ1n) is 6.24. The fourth-order valence-corrected chi connectivity index (χ4v) is 2.48. The van der Waals surface area contributed by atoms with Gasteiger partial charge in [0.05, 0.1) is 0 Å². The van der Waals surface area contributed by atoms with Crippen LogP contribution in [0.15, 0.2) is 60.9 Å². The molecule has 0 spiro atoms. The first-order valence-corrected chi connectivity index (χ1v) is 6.62. The van der Waals surface area contributed by atoms with Crippen LogP contribution in [0.3, 0.4) is 0 Å². The molecule has 94 valence electrons. The second-order valence-corrected chi connectivity index (χ2v) is 5.04. The normalized spacial score (nSPS) is 10.6. The molecule has 0 saturated heterocycles. The van der Waals surface area contributed by atoms with Crippen LogP contribution >= 0.6 is 11.6 Å². The average Bonchev–Trinajstić information content (AvgIpc) is 2.89. The van der Waals surface area contributed by atoms with Crippen LogP contribution in [0.5, 0.6) is 0 Å². The van der Waals surface area contributed by atoms with E-state index in [1.807, 2.05) is 36.7 Å². The summed E-state index contributed by atoms with van der Waals surface area (Å²) in [6, 6.07) is 16.4. The summed E-state index contributed by atoms with van der Waals surface area (Å²) in [5, 5.41) is 0.774. The van der Waals surface area contributed by atoms with Crippen molar-refractivity contribution in [2.24, 2.45) is 0 Å². The maximum Gasteiger partial charge on any atom is 0.0485 e. The SMILES string of the molecule is Cc1ccc(-c2c[nH]cc2-c2ccccc2Cl)cc1. The van der Waals surface area contributed by atoms with Crippen molar-refractivity contribution in [2.45, 2.75) is 6.92 Å². The summed E-state index contributed by atoms with van der Waals surface area (Å²) in [6.07, 6.45) is 4.01. The Morgan fingerprint density at radius 3 is 2.21 bits per heavy atom. The standard InChI is InChI=1S/C17H14ClN/c1-12-6-8-13(9-7-12)15-10-19-11-16(15)14-4-2-3-5-17(14)18/h2-11,19H,1H3. The molecule has 1 nitrogen and oxygen atoms in total. The zero-order valence-corrected chi connectivity index (χ0v) is 11.4. The van der Waals surface area contributed by atoms with Gasteiger partial charge in [0, 0.05) is 34.1 Å². The van der Waals surface area contributed by atoms with Gasteiger partial charge in [0.2, 0.25) is 0 Å². The Labute approximate surface area is 117 Å². The van der Waals surface area contributed by atoms with Crippen LogP contribution in [-0.2, 0) is 0 Å². The van der Waals surface area contributed by atoms with Crippen molar-refractivity contribution in [3.05, 3.63) is 71.5 Å². The van der Waals surface area contributed by atoms with Crippen molar-refractivity contribution >= 4 is 11.6 Å². The summed E-state index contributed by atoms with van der Waals surface area (Å²) in [5.41, 5.74) is 5.82. The van der Waals surface area contributed by atoms with E-state index in [1.165, 1.54) is 16.7 Å². The molecule has 2 heteroatoms. The lowest BCUT2D eigenvalue weighted by Crippen LogP contribution is -1.82. The van der Waals surface area contributed by atoms with Gasteiger partial charge in [0.25, 0.3) is 0 Å². The highest BCUT2D eigenvalue weighted by molar-refractivity contribution is 6.33. The molecule has 0 aliphatic heterocycles. The lowest BCUT2D eigenvalue weighted by Gasteiger charge is -2.06. The molecule has 1 aromatic heterocycles. The van der Waals surface area contributed by atoms with Crippen molar-refractivity contribution in [3.8, 4) is 22.3 Å². The number of aryl methyl sites for hydroxylation is 1. The first-order chi connectivity index (χ1) is 9.25. The number of H-pyrrole nitrogens is 1. The molecule has 0 amide bonds. The number of rotatable bonds is 2. The molecule has 1 heterocycles. The Morgan fingerprint density at radius 2 is 1.47 bits per heavy atom. The van der Waals surface area contributed by atoms with Crippen LogP contribution in [-0.4, -0.2) is 4.98 Å². The van der Waals surface area contributed by atoms with Crippen LogP contribution in [0.1, 0.15) is 5.56 Å². The van der Waals surface area contributed by atoms with Crippen molar-refractivity contribution in [1.29, 1.82) is 0 Å². The van der Waals surface area contributed by atoms with Crippen LogP contribution in [0.2, 0.25) is 5.02 Å². The van der Waals surface area contributed by atoms with E-state index in [9.17, 15) is 0 Å². The molecule has 0 fully saturated rings. The molecule has 0 unspecified atom stereocenters. The molecule has 0 aliphatic rings. The highest BCUT2D eigenvalue weighted by Crippen LogP contribution is 2.35. The van der Waals surface area contributed by atoms with Crippen LogP contribution in [0.4, 0.5) is 0 Å². The van der Waals surface area contributed by atoms with Crippen molar-refractivity contribution in [1.82, 2.24) is 4.98 Å². The second-order valence-electron chi connectivity index (χ2n) is 4.63. The Balaban J connectivity index is 2.13. The first kappa shape index (κ1) is 12.1. The summed E-state index contributed by atoms with van der Waals surface area (Å²) in [5.74, 6) is 0. The molecular formula is C17H14ClN. The largest absolute Gasteiger partial charge is 0.366 e. The van der Waals surface area contributed by atoms with Gasteiger partial charge in [-0.2, -0.15) is 0 Å². The van der Waals surface area contributed by atoms with E-state index >= 15 is 0 Å². The highest BCUT2D eigenvalue weighted by Gasteiger charge is 2.10. The molecule has 0 aliphatic carbocycles. The number of nitrogens with one attached hydrogen (secondary N) is 1. The van der Waals surface area contributed by atoms with Gasteiger partial charge in [0.15, 0.2) is 0 Å². The predicted molar refractivity (Wildman–Crippen MR) is 81.4 cm³/mol. The molecule has 2 aromatic carbocycles. The molecule has 0 saturated carbocycles. The number of aromatic nitrogens is 1. The Hall–Kier alpha value is -1.99. The monoisotopic (exact) mass is 267 g/mol. The molecule has 3 rings (SSSR count). The molecule has 3 aromatic rings. The van der Waals surface area contributed by atoms with E-state index in [0.717, 1.165) is 16.1 Å². The van der Waals surface area contributed by atoms with Crippen molar-refractivity contribution < 1.29 is 0 Å². The smallest absolute Gasteiger partial charge is 0.0485 e.